The third-order valence-corrected chi connectivity index (χ3v) is 5.30. The zero-order valence-electron chi connectivity index (χ0n) is 17.4. The van der Waals surface area contributed by atoms with Gasteiger partial charge < -0.3 is 10.1 Å². The SMILES string of the molecule is COCc1ccc(C(=O)N[C@H]2CC(C)(C)Cc3nc(-c4cnccn4)ncc32)cc1. The monoisotopic (exact) mass is 403 g/mol. The van der Waals surface area contributed by atoms with Crippen LogP contribution in [-0.4, -0.2) is 33.0 Å². The van der Waals surface area contributed by atoms with E-state index in [-0.39, 0.29) is 17.4 Å². The summed E-state index contributed by atoms with van der Waals surface area (Å²) in [6.45, 7) is 4.91. The average Bonchev–Trinajstić information content (AvgIpc) is 2.74. The lowest BCUT2D eigenvalue weighted by molar-refractivity contribution is 0.0919. The Hall–Kier alpha value is -3.19. The Morgan fingerprint density at radius 1 is 1.17 bits per heavy atom. The lowest BCUT2D eigenvalue weighted by Gasteiger charge is -2.36. The van der Waals surface area contributed by atoms with Crippen LogP contribution in [0.3, 0.4) is 0 Å². The van der Waals surface area contributed by atoms with Crippen LogP contribution in [0.5, 0.6) is 0 Å². The number of methoxy groups -OCH3 is 1. The van der Waals surface area contributed by atoms with Gasteiger partial charge in [0.25, 0.3) is 5.91 Å². The summed E-state index contributed by atoms with van der Waals surface area (Å²) in [6.07, 6.45) is 8.36. The predicted molar refractivity (Wildman–Crippen MR) is 113 cm³/mol. The molecule has 2 heterocycles. The van der Waals surface area contributed by atoms with Gasteiger partial charge in [0, 0.05) is 36.8 Å². The highest BCUT2D eigenvalue weighted by atomic mass is 16.5. The Labute approximate surface area is 176 Å². The Balaban J connectivity index is 1.59. The molecule has 1 atom stereocenters. The van der Waals surface area contributed by atoms with E-state index in [2.05, 4.69) is 34.1 Å². The number of hydrogen-bond donors (Lipinski definition) is 1. The molecule has 1 aromatic carbocycles. The van der Waals surface area contributed by atoms with E-state index in [0.717, 1.165) is 29.7 Å². The second-order valence-corrected chi connectivity index (χ2v) is 8.39. The maximum atomic E-state index is 12.9. The van der Waals surface area contributed by atoms with Crippen molar-refractivity contribution >= 4 is 5.91 Å². The molecule has 3 aromatic rings. The zero-order chi connectivity index (χ0) is 21.1. The van der Waals surface area contributed by atoms with E-state index >= 15 is 0 Å². The van der Waals surface area contributed by atoms with Crippen molar-refractivity contribution in [2.75, 3.05) is 7.11 Å². The van der Waals surface area contributed by atoms with Crippen LogP contribution in [0.15, 0.2) is 49.1 Å². The molecule has 1 aliphatic rings. The van der Waals surface area contributed by atoms with Crippen LogP contribution in [0.1, 0.15) is 53.5 Å². The van der Waals surface area contributed by atoms with Crippen LogP contribution in [0.4, 0.5) is 0 Å². The Kier molecular flexibility index (Phi) is 5.55. The summed E-state index contributed by atoms with van der Waals surface area (Å²) < 4.78 is 5.13. The maximum Gasteiger partial charge on any atom is 0.251 e. The highest BCUT2D eigenvalue weighted by Crippen LogP contribution is 2.40. The fourth-order valence-corrected chi connectivity index (χ4v) is 3.87. The first-order chi connectivity index (χ1) is 14.4. The number of aromatic nitrogens is 4. The molecule has 7 nitrogen and oxygen atoms in total. The molecule has 0 fully saturated rings. The molecule has 1 N–H and O–H groups in total. The van der Waals surface area contributed by atoms with E-state index < -0.39 is 0 Å². The van der Waals surface area contributed by atoms with Gasteiger partial charge in [-0.15, -0.1) is 0 Å². The van der Waals surface area contributed by atoms with Crippen molar-refractivity contribution in [3.8, 4) is 11.5 Å². The van der Waals surface area contributed by atoms with Gasteiger partial charge in [-0.05, 0) is 36.0 Å². The summed E-state index contributed by atoms with van der Waals surface area (Å²) in [7, 11) is 1.65. The molecule has 1 amide bonds. The number of fused-ring (bicyclic) bond motifs is 1. The number of nitrogens with one attached hydrogen (secondary N) is 1. The van der Waals surface area contributed by atoms with Crippen molar-refractivity contribution in [3.05, 3.63) is 71.4 Å². The highest BCUT2D eigenvalue weighted by molar-refractivity contribution is 5.94. The highest BCUT2D eigenvalue weighted by Gasteiger charge is 2.34. The van der Waals surface area contributed by atoms with Crippen molar-refractivity contribution in [2.45, 2.75) is 39.3 Å². The molecule has 0 spiro atoms. The van der Waals surface area contributed by atoms with Gasteiger partial charge in [-0.2, -0.15) is 0 Å². The Morgan fingerprint density at radius 2 is 1.97 bits per heavy atom. The van der Waals surface area contributed by atoms with Gasteiger partial charge in [0.15, 0.2) is 5.82 Å². The van der Waals surface area contributed by atoms with E-state index in [1.807, 2.05) is 30.5 Å². The summed E-state index contributed by atoms with van der Waals surface area (Å²) in [4.78, 5) is 30.5. The summed E-state index contributed by atoms with van der Waals surface area (Å²) >= 11 is 0. The van der Waals surface area contributed by atoms with Crippen LogP contribution >= 0.6 is 0 Å². The largest absolute Gasteiger partial charge is 0.380 e. The molecule has 1 aliphatic carbocycles. The van der Waals surface area contributed by atoms with Crippen molar-refractivity contribution < 1.29 is 9.53 Å². The van der Waals surface area contributed by atoms with Crippen molar-refractivity contribution in [1.82, 2.24) is 25.3 Å². The molecule has 30 heavy (non-hydrogen) atoms. The van der Waals surface area contributed by atoms with E-state index in [4.69, 9.17) is 9.72 Å². The Morgan fingerprint density at radius 3 is 2.67 bits per heavy atom. The van der Waals surface area contributed by atoms with E-state index in [1.165, 1.54) is 0 Å². The third kappa shape index (κ3) is 4.36. The number of ether oxygens (including phenoxy) is 1. The fourth-order valence-electron chi connectivity index (χ4n) is 3.87. The van der Waals surface area contributed by atoms with Gasteiger partial charge in [0.1, 0.15) is 5.69 Å². The van der Waals surface area contributed by atoms with Crippen LogP contribution < -0.4 is 5.32 Å². The van der Waals surface area contributed by atoms with Crippen LogP contribution in [0, 0.1) is 5.41 Å². The number of hydrogen-bond acceptors (Lipinski definition) is 6. The first-order valence-corrected chi connectivity index (χ1v) is 9.96. The van der Waals surface area contributed by atoms with E-state index in [9.17, 15) is 4.79 Å². The number of benzene rings is 1. The first kappa shape index (κ1) is 20.1. The smallest absolute Gasteiger partial charge is 0.251 e. The van der Waals surface area contributed by atoms with Gasteiger partial charge >= 0.3 is 0 Å². The number of rotatable bonds is 5. The molecule has 0 unspecified atom stereocenters. The molecule has 154 valence electrons. The van der Waals surface area contributed by atoms with E-state index in [0.29, 0.717) is 23.7 Å². The number of nitrogens with zero attached hydrogens (tertiary/aromatic N) is 4. The van der Waals surface area contributed by atoms with Crippen LogP contribution in [0.2, 0.25) is 0 Å². The van der Waals surface area contributed by atoms with Crippen molar-refractivity contribution in [1.29, 1.82) is 0 Å². The minimum Gasteiger partial charge on any atom is -0.380 e. The van der Waals surface area contributed by atoms with Gasteiger partial charge in [0.2, 0.25) is 0 Å². The molecule has 0 aliphatic heterocycles. The second kappa shape index (κ2) is 8.28. The fraction of sp³-hybridized carbons (Fsp3) is 0.348. The first-order valence-electron chi connectivity index (χ1n) is 9.96. The minimum absolute atomic E-state index is 0.00125. The number of carbonyl (C=O) groups excluding carboxylic acids is 1. The molecular weight excluding hydrogens is 378 g/mol. The van der Waals surface area contributed by atoms with Gasteiger partial charge in [0.05, 0.1) is 24.5 Å². The Bertz CT molecular complexity index is 1040. The lowest BCUT2D eigenvalue weighted by atomic mass is 9.74. The van der Waals surface area contributed by atoms with Crippen molar-refractivity contribution in [2.24, 2.45) is 5.41 Å². The molecular formula is C23H25N5O2. The lowest BCUT2D eigenvalue weighted by Crippen LogP contribution is -2.37. The number of amides is 1. The second-order valence-electron chi connectivity index (χ2n) is 8.39. The van der Waals surface area contributed by atoms with Gasteiger partial charge in [-0.25, -0.2) is 15.0 Å². The summed E-state index contributed by atoms with van der Waals surface area (Å²) in [5.41, 5.74) is 4.20. The summed E-state index contributed by atoms with van der Waals surface area (Å²) in [6, 6.07) is 7.32. The van der Waals surface area contributed by atoms with Gasteiger partial charge in [-0.3, -0.25) is 9.78 Å². The molecule has 0 saturated heterocycles. The van der Waals surface area contributed by atoms with E-state index in [1.54, 1.807) is 25.7 Å². The molecule has 0 saturated carbocycles. The van der Waals surface area contributed by atoms with Gasteiger partial charge in [-0.1, -0.05) is 26.0 Å². The molecule has 4 rings (SSSR count). The quantitative estimate of drug-likeness (QED) is 0.701. The number of carbonyl (C=O) groups is 1. The maximum absolute atomic E-state index is 12.9. The predicted octanol–water partition coefficient (Wildman–Crippen LogP) is 3.52. The summed E-state index contributed by atoms with van der Waals surface area (Å²) in [5.74, 6) is 0.448. The van der Waals surface area contributed by atoms with Crippen LogP contribution in [0.25, 0.3) is 11.5 Å². The standard InChI is InChI=1S/C23H25N5O2/c1-23(2)10-18-17(12-26-21(27-18)20-13-24-8-9-25-20)19(11-23)28-22(29)16-6-4-15(5-7-16)14-30-3/h4-9,12-13,19H,10-11,14H2,1-3H3,(H,28,29)/t19-/m0/s1. The summed E-state index contributed by atoms with van der Waals surface area (Å²) in [5, 5.41) is 3.18. The molecule has 0 bridgehead atoms. The third-order valence-electron chi connectivity index (χ3n) is 5.30. The topological polar surface area (TPSA) is 89.9 Å². The molecule has 2 aromatic heterocycles. The normalized spacial score (nSPS) is 17.2. The molecule has 7 heteroatoms. The zero-order valence-corrected chi connectivity index (χ0v) is 17.4. The van der Waals surface area contributed by atoms with Crippen molar-refractivity contribution in [3.63, 3.8) is 0 Å². The molecule has 0 radical (unpaired) electrons. The van der Waals surface area contributed by atoms with Crippen LogP contribution in [-0.2, 0) is 17.8 Å². The average molecular weight is 403 g/mol. The minimum atomic E-state index is -0.147.